The Morgan fingerprint density at radius 1 is 1.23 bits per heavy atom. The van der Waals surface area contributed by atoms with Crippen LogP contribution in [-0.2, 0) is 11.3 Å². The molecule has 26 heavy (non-hydrogen) atoms. The first-order chi connectivity index (χ1) is 12.5. The molecule has 0 spiro atoms. The minimum absolute atomic E-state index is 0.0190. The Kier molecular flexibility index (Phi) is 4.92. The van der Waals surface area contributed by atoms with Crippen molar-refractivity contribution in [3.8, 4) is 17.1 Å². The molecule has 0 aliphatic rings. The number of hydrogen-bond donors (Lipinski definition) is 0. The lowest BCUT2D eigenvalue weighted by Crippen LogP contribution is -2.03. The largest absolute Gasteiger partial charge is 0.473 e. The van der Waals surface area contributed by atoms with E-state index in [4.69, 9.17) is 9.26 Å². The van der Waals surface area contributed by atoms with Crippen molar-refractivity contribution < 1.29 is 27.6 Å². The number of esters is 1. The fourth-order valence-corrected chi connectivity index (χ4v) is 2.30. The highest BCUT2D eigenvalue weighted by molar-refractivity contribution is 5.88. The number of aryl methyl sites for hydroxylation is 1. The normalized spacial score (nSPS) is 10.6. The van der Waals surface area contributed by atoms with Crippen LogP contribution >= 0.6 is 0 Å². The van der Waals surface area contributed by atoms with Crippen LogP contribution in [0.4, 0.5) is 8.78 Å². The topological polar surface area (TPSA) is 74.5 Å². The van der Waals surface area contributed by atoms with Crippen molar-refractivity contribution in [3.63, 3.8) is 0 Å². The van der Waals surface area contributed by atoms with Gasteiger partial charge in [0.05, 0.1) is 18.2 Å². The van der Waals surface area contributed by atoms with Gasteiger partial charge in [0.2, 0.25) is 5.88 Å². The zero-order chi connectivity index (χ0) is 18.7. The van der Waals surface area contributed by atoms with Crippen molar-refractivity contribution in [1.29, 1.82) is 0 Å². The first kappa shape index (κ1) is 17.5. The Morgan fingerprint density at radius 3 is 2.73 bits per heavy atom. The van der Waals surface area contributed by atoms with Crippen LogP contribution in [0.15, 0.2) is 41.1 Å². The number of carbonyl (C=O) groups is 1. The Labute approximate surface area is 147 Å². The average molecular weight is 360 g/mol. The van der Waals surface area contributed by atoms with Crippen LogP contribution in [0.3, 0.4) is 0 Å². The number of benzene rings is 1. The van der Waals surface area contributed by atoms with E-state index in [9.17, 15) is 13.6 Å². The molecule has 0 saturated heterocycles. The minimum atomic E-state index is -0.624. The third-order valence-corrected chi connectivity index (χ3v) is 3.69. The maximum atomic E-state index is 14.0. The third-order valence-electron chi connectivity index (χ3n) is 3.69. The molecule has 0 aliphatic carbocycles. The third kappa shape index (κ3) is 3.53. The van der Waals surface area contributed by atoms with E-state index < -0.39 is 17.6 Å². The van der Waals surface area contributed by atoms with Crippen molar-refractivity contribution in [2.45, 2.75) is 13.5 Å². The second-order valence-corrected chi connectivity index (χ2v) is 5.36. The van der Waals surface area contributed by atoms with Gasteiger partial charge in [-0.25, -0.2) is 18.6 Å². The Hall–Kier alpha value is -3.29. The summed E-state index contributed by atoms with van der Waals surface area (Å²) >= 11 is 0. The minimum Gasteiger partial charge on any atom is -0.473 e. The van der Waals surface area contributed by atoms with Crippen molar-refractivity contribution >= 4 is 5.97 Å². The van der Waals surface area contributed by atoms with Gasteiger partial charge in [0.1, 0.15) is 29.7 Å². The van der Waals surface area contributed by atoms with E-state index >= 15 is 0 Å². The van der Waals surface area contributed by atoms with Crippen molar-refractivity contribution in [1.82, 2.24) is 10.1 Å². The number of ether oxygens (including phenoxy) is 2. The van der Waals surface area contributed by atoms with E-state index in [-0.39, 0.29) is 29.3 Å². The zero-order valence-corrected chi connectivity index (χ0v) is 14.0. The fraction of sp³-hybridized carbons (Fsp3) is 0.167. The van der Waals surface area contributed by atoms with Gasteiger partial charge >= 0.3 is 5.97 Å². The summed E-state index contributed by atoms with van der Waals surface area (Å²) in [5.74, 6) is -1.07. The highest BCUT2D eigenvalue weighted by atomic mass is 19.1. The lowest BCUT2D eigenvalue weighted by molar-refractivity contribution is 0.0600. The molecule has 8 heteroatoms. The first-order valence-electron chi connectivity index (χ1n) is 7.57. The monoisotopic (exact) mass is 360 g/mol. The van der Waals surface area contributed by atoms with Crippen LogP contribution in [0.1, 0.15) is 21.7 Å². The SMILES string of the molecule is COC(=O)c1ccc(OCc2c(-c3cc(F)ccc3F)noc2C)nc1. The molecule has 0 atom stereocenters. The molecule has 6 nitrogen and oxygen atoms in total. The van der Waals surface area contributed by atoms with E-state index in [0.717, 1.165) is 18.2 Å². The fourth-order valence-electron chi connectivity index (χ4n) is 2.30. The van der Waals surface area contributed by atoms with Gasteiger partial charge in [-0.15, -0.1) is 0 Å². The summed E-state index contributed by atoms with van der Waals surface area (Å²) in [6, 6.07) is 6.08. The molecule has 0 radical (unpaired) electrons. The van der Waals surface area contributed by atoms with Gasteiger partial charge < -0.3 is 14.0 Å². The number of nitrogens with zero attached hydrogens (tertiary/aromatic N) is 2. The molecular weight excluding hydrogens is 346 g/mol. The van der Waals surface area contributed by atoms with Crippen LogP contribution < -0.4 is 4.74 Å². The highest BCUT2D eigenvalue weighted by Crippen LogP contribution is 2.29. The molecule has 0 aliphatic heterocycles. The first-order valence-corrected chi connectivity index (χ1v) is 7.57. The van der Waals surface area contributed by atoms with Crippen molar-refractivity contribution in [2.24, 2.45) is 0 Å². The maximum Gasteiger partial charge on any atom is 0.339 e. The van der Waals surface area contributed by atoms with Crippen LogP contribution in [0.5, 0.6) is 5.88 Å². The summed E-state index contributed by atoms with van der Waals surface area (Å²) in [7, 11) is 1.27. The molecule has 0 N–H and O–H groups in total. The van der Waals surface area contributed by atoms with E-state index in [1.54, 1.807) is 6.92 Å². The van der Waals surface area contributed by atoms with Gasteiger partial charge in [-0.2, -0.15) is 0 Å². The second-order valence-electron chi connectivity index (χ2n) is 5.36. The predicted molar refractivity (Wildman–Crippen MR) is 86.5 cm³/mol. The molecule has 2 heterocycles. The standard InChI is InChI=1S/C18H14F2N2O4/c1-10-14(9-25-16-6-3-11(8-21-16)18(23)24-2)17(22-26-10)13-7-12(19)4-5-15(13)20/h3-8H,9H2,1-2H3. The molecule has 0 saturated carbocycles. The van der Waals surface area contributed by atoms with E-state index in [2.05, 4.69) is 14.9 Å². The maximum absolute atomic E-state index is 14.0. The summed E-state index contributed by atoms with van der Waals surface area (Å²) < 4.78 is 42.7. The lowest BCUT2D eigenvalue weighted by atomic mass is 10.1. The number of carbonyl (C=O) groups excluding carboxylic acids is 1. The van der Waals surface area contributed by atoms with Crippen LogP contribution in [0.2, 0.25) is 0 Å². The van der Waals surface area contributed by atoms with Crippen molar-refractivity contribution in [3.05, 3.63) is 65.1 Å². The summed E-state index contributed by atoms with van der Waals surface area (Å²) in [6.07, 6.45) is 1.31. The van der Waals surface area contributed by atoms with Crippen LogP contribution in [0, 0.1) is 18.6 Å². The number of halogens is 2. The Balaban J connectivity index is 1.82. The summed E-state index contributed by atoms with van der Waals surface area (Å²) in [6.45, 7) is 1.62. The molecule has 0 amide bonds. The highest BCUT2D eigenvalue weighted by Gasteiger charge is 2.19. The Morgan fingerprint density at radius 2 is 2.04 bits per heavy atom. The number of hydrogen-bond acceptors (Lipinski definition) is 6. The smallest absolute Gasteiger partial charge is 0.339 e. The molecule has 3 rings (SSSR count). The molecule has 3 aromatic rings. The molecule has 0 bridgehead atoms. The molecular formula is C18H14F2N2O4. The van der Waals surface area contributed by atoms with Gasteiger partial charge in [0.25, 0.3) is 0 Å². The lowest BCUT2D eigenvalue weighted by Gasteiger charge is -2.07. The summed E-state index contributed by atoms with van der Waals surface area (Å²) in [5.41, 5.74) is 0.886. The van der Waals surface area contributed by atoms with Gasteiger partial charge in [0.15, 0.2) is 0 Å². The number of aromatic nitrogens is 2. The van der Waals surface area contributed by atoms with Gasteiger partial charge in [0, 0.05) is 17.8 Å². The zero-order valence-electron chi connectivity index (χ0n) is 14.0. The number of pyridine rings is 1. The molecule has 0 fully saturated rings. The molecule has 134 valence electrons. The van der Waals surface area contributed by atoms with E-state index in [1.165, 1.54) is 25.4 Å². The van der Waals surface area contributed by atoms with Crippen LogP contribution in [0.25, 0.3) is 11.3 Å². The summed E-state index contributed by atoms with van der Waals surface area (Å²) in [4.78, 5) is 15.4. The molecule has 0 unspecified atom stereocenters. The average Bonchev–Trinajstić information content (AvgIpc) is 3.02. The molecule has 2 aromatic heterocycles. The predicted octanol–water partition coefficient (Wildman–Crippen LogP) is 3.69. The van der Waals surface area contributed by atoms with Crippen LogP contribution in [-0.4, -0.2) is 23.2 Å². The van der Waals surface area contributed by atoms with E-state index in [0.29, 0.717) is 11.3 Å². The molecule has 1 aromatic carbocycles. The second kappa shape index (κ2) is 7.30. The quantitative estimate of drug-likeness (QED) is 0.646. The number of rotatable bonds is 5. The number of methoxy groups -OCH3 is 1. The van der Waals surface area contributed by atoms with Gasteiger partial charge in [-0.3, -0.25) is 0 Å². The Bertz CT molecular complexity index is 939. The van der Waals surface area contributed by atoms with Gasteiger partial charge in [-0.1, -0.05) is 5.16 Å². The van der Waals surface area contributed by atoms with Crippen molar-refractivity contribution in [2.75, 3.05) is 7.11 Å². The van der Waals surface area contributed by atoms with Gasteiger partial charge in [-0.05, 0) is 31.2 Å². The van der Waals surface area contributed by atoms with E-state index in [1.807, 2.05) is 0 Å². The summed E-state index contributed by atoms with van der Waals surface area (Å²) in [5, 5.41) is 3.81.